The molecule has 3 rings (SSSR count). The molecule has 0 spiro atoms. The molecule has 1 aromatic heterocycles. The molecule has 0 aliphatic heterocycles. The van der Waals surface area contributed by atoms with E-state index < -0.39 is 0 Å². The molecule has 2 aromatic carbocycles. The molecule has 0 atom stereocenters. The van der Waals surface area contributed by atoms with Crippen LogP contribution in [0.3, 0.4) is 0 Å². The average Bonchev–Trinajstić information content (AvgIpc) is 3.05. The second kappa shape index (κ2) is 5.85. The largest absolute Gasteiger partial charge is 0.322 e. The Hall–Kier alpha value is -2.88. The van der Waals surface area contributed by atoms with Crippen LogP contribution in [0.15, 0.2) is 60.9 Å². The first-order chi connectivity index (χ1) is 10.6. The molecule has 110 valence electrons. The number of hydrogen-bond donors (Lipinski definition) is 1. The van der Waals surface area contributed by atoms with Gasteiger partial charge in [0.1, 0.15) is 0 Å². The van der Waals surface area contributed by atoms with Crippen molar-refractivity contribution < 1.29 is 4.79 Å². The van der Waals surface area contributed by atoms with Gasteiger partial charge < -0.3 is 5.32 Å². The zero-order chi connectivity index (χ0) is 15.5. The van der Waals surface area contributed by atoms with E-state index in [2.05, 4.69) is 17.3 Å². The van der Waals surface area contributed by atoms with Crippen LogP contribution >= 0.6 is 0 Å². The van der Waals surface area contributed by atoms with Crippen LogP contribution in [-0.4, -0.2) is 15.7 Å². The molecule has 0 fully saturated rings. The predicted molar refractivity (Wildman–Crippen MR) is 87.4 cm³/mol. The number of carbonyl (C=O) groups excluding carboxylic acids is 1. The van der Waals surface area contributed by atoms with Crippen LogP contribution in [0.5, 0.6) is 0 Å². The van der Waals surface area contributed by atoms with E-state index in [4.69, 9.17) is 0 Å². The van der Waals surface area contributed by atoms with Gasteiger partial charge in [-0.3, -0.25) is 4.79 Å². The van der Waals surface area contributed by atoms with Gasteiger partial charge in [-0.1, -0.05) is 6.07 Å². The van der Waals surface area contributed by atoms with E-state index in [1.54, 1.807) is 23.0 Å². The summed E-state index contributed by atoms with van der Waals surface area (Å²) in [7, 11) is 0. The topological polar surface area (TPSA) is 46.9 Å². The third-order valence-electron chi connectivity index (χ3n) is 3.66. The van der Waals surface area contributed by atoms with Crippen molar-refractivity contribution in [1.29, 1.82) is 0 Å². The molecule has 0 saturated carbocycles. The van der Waals surface area contributed by atoms with Crippen molar-refractivity contribution in [1.82, 2.24) is 9.78 Å². The number of nitrogens with zero attached hydrogens (tertiary/aromatic N) is 2. The first-order valence-corrected chi connectivity index (χ1v) is 7.12. The Kier molecular flexibility index (Phi) is 3.74. The summed E-state index contributed by atoms with van der Waals surface area (Å²) in [5.74, 6) is -0.115. The number of hydrogen-bond acceptors (Lipinski definition) is 2. The quantitative estimate of drug-likeness (QED) is 0.799. The van der Waals surface area contributed by atoms with Gasteiger partial charge in [-0.05, 0) is 67.4 Å². The maximum absolute atomic E-state index is 12.3. The van der Waals surface area contributed by atoms with Gasteiger partial charge in [0.2, 0.25) is 0 Å². The van der Waals surface area contributed by atoms with E-state index >= 15 is 0 Å². The summed E-state index contributed by atoms with van der Waals surface area (Å²) < 4.78 is 1.75. The second-order valence-corrected chi connectivity index (χ2v) is 5.25. The highest BCUT2D eigenvalue weighted by molar-refractivity contribution is 6.04. The van der Waals surface area contributed by atoms with Gasteiger partial charge in [0, 0.05) is 23.6 Å². The molecular formula is C18H17N3O. The Labute approximate surface area is 129 Å². The molecule has 0 radical (unpaired) electrons. The van der Waals surface area contributed by atoms with Crippen LogP contribution in [-0.2, 0) is 0 Å². The van der Waals surface area contributed by atoms with Crippen molar-refractivity contribution in [3.05, 3.63) is 77.6 Å². The number of carbonyl (C=O) groups is 1. The highest BCUT2D eigenvalue weighted by Gasteiger charge is 2.07. The molecule has 4 heteroatoms. The van der Waals surface area contributed by atoms with Crippen LogP contribution in [0.25, 0.3) is 5.69 Å². The van der Waals surface area contributed by atoms with E-state index in [0.29, 0.717) is 5.56 Å². The maximum atomic E-state index is 12.3. The summed E-state index contributed by atoms with van der Waals surface area (Å²) in [6.07, 6.45) is 3.59. The van der Waals surface area contributed by atoms with Crippen molar-refractivity contribution in [3.8, 4) is 5.69 Å². The summed E-state index contributed by atoms with van der Waals surface area (Å²) in [6.45, 7) is 4.08. The maximum Gasteiger partial charge on any atom is 0.255 e. The lowest BCUT2D eigenvalue weighted by Crippen LogP contribution is -2.12. The van der Waals surface area contributed by atoms with E-state index in [1.165, 1.54) is 5.56 Å². The first kappa shape index (κ1) is 14.1. The number of nitrogens with one attached hydrogen (secondary N) is 1. The van der Waals surface area contributed by atoms with Gasteiger partial charge in [-0.15, -0.1) is 0 Å². The van der Waals surface area contributed by atoms with Crippen LogP contribution in [0.2, 0.25) is 0 Å². The van der Waals surface area contributed by atoms with Crippen LogP contribution < -0.4 is 5.32 Å². The molecular weight excluding hydrogens is 274 g/mol. The fraction of sp³-hybridized carbons (Fsp3) is 0.111. The highest BCUT2D eigenvalue weighted by atomic mass is 16.1. The normalized spacial score (nSPS) is 10.5. The molecule has 3 aromatic rings. The first-order valence-electron chi connectivity index (χ1n) is 7.12. The lowest BCUT2D eigenvalue weighted by Gasteiger charge is -2.08. The van der Waals surface area contributed by atoms with Gasteiger partial charge in [0.15, 0.2) is 0 Å². The number of aryl methyl sites for hydroxylation is 2. The van der Waals surface area contributed by atoms with E-state index in [1.807, 2.05) is 49.5 Å². The fourth-order valence-electron chi connectivity index (χ4n) is 2.21. The zero-order valence-electron chi connectivity index (χ0n) is 12.6. The molecule has 4 nitrogen and oxygen atoms in total. The average molecular weight is 291 g/mol. The molecule has 1 amide bonds. The summed E-state index contributed by atoms with van der Waals surface area (Å²) in [6, 6.07) is 15.1. The monoisotopic (exact) mass is 291 g/mol. The zero-order valence-corrected chi connectivity index (χ0v) is 12.6. The number of aromatic nitrogens is 2. The van der Waals surface area contributed by atoms with Crippen LogP contribution in [0, 0.1) is 13.8 Å². The number of rotatable bonds is 3. The van der Waals surface area contributed by atoms with Crippen molar-refractivity contribution in [2.75, 3.05) is 5.32 Å². The standard InChI is InChI=1S/C18H17N3O/c1-13-4-7-16(12-14(13)2)20-18(22)15-5-8-17(9-6-15)21-11-3-10-19-21/h3-12H,1-2H3,(H,20,22). The van der Waals surface area contributed by atoms with Gasteiger partial charge in [-0.2, -0.15) is 5.10 Å². The van der Waals surface area contributed by atoms with Gasteiger partial charge in [0.05, 0.1) is 5.69 Å². The number of amides is 1. The predicted octanol–water partition coefficient (Wildman–Crippen LogP) is 3.74. The van der Waals surface area contributed by atoms with Gasteiger partial charge in [0.25, 0.3) is 5.91 Å². The minimum absolute atomic E-state index is 0.115. The molecule has 1 heterocycles. The van der Waals surface area contributed by atoms with Crippen molar-refractivity contribution >= 4 is 11.6 Å². The highest BCUT2D eigenvalue weighted by Crippen LogP contribution is 2.16. The third kappa shape index (κ3) is 2.91. The Balaban J connectivity index is 1.76. The lowest BCUT2D eigenvalue weighted by molar-refractivity contribution is 0.102. The van der Waals surface area contributed by atoms with E-state index in [9.17, 15) is 4.79 Å². The summed E-state index contributed by atoms with van der Waals surface area (Å²) in [4.78, 5) is 12.3. The minimum atomic E-state index is -0.115. The SMILES string of the molecule is Cc1ccc(NC(=O)c2ccc(-n3cccn3)cc2)cc1C. The fourth-order valence-corrected chi connectivity index (χ4v) is 2.21. The number of anilines is 1. The van der Waals surface area contributed by atoms with Crippen LogP contribution in [0.1, 0.15) is 21.5 Å². The third-order valence-corrected chi connectivity index (χ3v) is 3.66. The summed E-state index contributed by atoms with van der Waals surface area (Å²) in [5.41, 5.74) is 4.72. The minimum Gasteiger partial charge on any atom is -0.322 e. The van der Waals surface area contributed by atoms with E-state index in [0.717, 1.165) is 16.9 Å². The molecule has 0 bridgehead atoms. The summed E-state index contributed by atoms with van der Waals surface area (Å²) in [5, 5.41) is 7.08. The Morgan fingerprint density at radius 2 is 1.82 bits per heavy atom. The Bertz CT molecular complexity index is 790. The van der Waals surface area contributed by atoms with Gasteiger partial charge >= 0.3 is 0 Å². The number of benzene rings is 2. The molecule has 1 N–H and O–H groups in total. The molecule has 0 unspecified atom stereocenters. The second-order valence-electron chi connectivity index (χ2n) is 5.25. The smallest absolute Gasteiger partial charge is 0.255 e. The lowest BCUT2D eigenvalue weighted by atomic mass is 10.1. The van der Waals surface area contributed by atoms with Crippen molar-refractivity contribution in [2.24, 2.45) is 0 Å². The molecule has 0 aliphatic rings. The summed E-state index contributed by atoms with van der Waals surface area (Å²) >= 11 is 0. The Morgan fingerprint density at radius 3 is 2.45 bits per heavy atom. The molecule has 22 heavy (non-hydrogen) atoms. The van der Waals surface area contributed by atoms with E-state index in [-0.39, 0.29) is 5.91 Å². The van der Waals surface area contributed by atoms with Crippen molar-refractivity contribution in [2.45, 2.75) is 13.8 Å². The molecule has 0 aliphatic carbocycles. The van der Waals surface area contributed by atoms with Crippen molar-refractivity contribution in [3.63, 3.8) is 0 Å². The Morgan fingerprint density at radius 1 is 1.05 bits per heavy atom. The van der Waals surface area contributed by atoms with Gasteiger partial charge in [-0.25, -0.2) is 4.68 Å². The molecule has 0 saturated heterocycles. The van der Waals surface area contributed by atoms with Crippen LogP contribution in [0.4, 0.5) is 5.69 Å².